The molecule has 0 heteroatoms. The van der Waals surface area contributed by atoms with E-state index in [0.717, 1.165) is 0 Å². The molecule has 0 radical (unpaired) electrons. The van der Waals surface area contributed by atoms with Crippen molar-refractivity contribution in [2.45, 2.75) is 52.4 Å². The first kappa shape index (κ1) is 11.3. The van der Waals surface area contributed by atoms with Crippen molar-refractivity contribution in [1.82, 2.24) is 0 Å². The average molecular weight is 190 g/mol. The number of hydrogen-bond donors (Lipinski definition) is 0. The van der Waals surface area contributed by atoms with Crippen molar-refractivity contribution in [2.24, 2.45) is 0 Å². The maximum atomic E-state index is 2.33. The largest absolute Gasteiger partial charge is 0.0656 e. The first-order chi connectivity index (χ1) is 6.61. The lowest BCUT2D eigenvalue weighted by Crippen LogP contribution is -2.11. The molecule has 0 spiro atoms. The van der Waals surface area contributed by atoms with E-state index >= 15 is 0 Å². The third-order valence-corrected chi connectivity index (χ3v) is 2.77. The zero-order valence-corrected chi connectivity index (χ0v) is 9.93. The van der Waals surface area contributed by atoms with Gasteiger partial charge in [0.05, 0.1) is 0 Å². The summed E-state index contributed by atoms with van der Waals surface area (Å²) in [5.41, 5.74) is 3.54. The Morgan fingerprint density at radius 3 is 2.29 bits per heavy atom. The van der Waals surface area contributed by atoms with Gasteiger partial charge < -0.3 is 0 Å². The Bertz CT molecular complexity index is 284. The first-order valence-electron chi connectivity index (χ1n) is 5.70. The van der Waals surface area contributed by atoms with Crippen molar-refractivity contribution in [3.63, 3.8) is 0 Å². The second kappa shape index (κ2) is 4.63. The smallest absolute Gasteiger partial charge is 0.00977 e. The van der Waals surface area contributed by atoms with Gasteiger partial charge in [-0.25, -0.2) is 0 Å². The van der Waals surface area contributed by atoms with Crippen molar-refractivity contribution >= 4 is 0 Å². The predicted octanol–water partition coefficient (Wildman–Crippen LogP) is 4.33. The van der Waals surface area contributed by atoms with E-state index in [-0.39, 0.29) is 0 Å². The molecule has 0 bridgehead atoms. The Kier molecular flexibility index (Phi) is 3.74. The third kappa shape index (κ3) is 2.37. The highest BCUT2D eigenvalue weighted by Crippen LogP contribution is 2.37. The van der Waals surface area contributed by atoms with Crippen molar-refractivity contribution in [1.29, 1.82) is 0 Å². The van der Waals surface area contributed by atoms with Gasteiger partial charge in [-0.05, 0) is 29.4 Å². The zero-order chi connectivity index (χ0) is 10.6. The molecule has 0 atom stereocenters. The highest BCUT2D eigenvalue weighted by Gasteiger charge is 2.28. The lowest BCUT2D eigenvalue weighted by Gasteiger charge is -2.18. The van der Waals surface area contributed by atoms with E-state index in [1.54, 1.807) is 11.1 Å². The van der Waals surface area contributed by atoms with Gasteiger partial charge in [-0.3, -0.25) is 0 Å². The van der Waals surface area contributed by atoms with E-state index in [1.165, 1.54) is 19.3 Å². The van der Waals surface area contributed by atoms with Crippen LogP contribution in [0.1, 0.15) is 51.7 Å². The van der Waals surface area contributed by atoms with Crippen molar-refractivity contribution in [3.8, 4) is 0 Å². The van der Waals surface area contributed by atoms with Gasteiger partial charge in [0.2, 0.25) is 0 Å². The minimum absolute atomic E-state index is 0.427. The quantitative estimate of drug-likeness (QED) is 0.571. The van der Waals surface area contributed by atoms with Gasteiger partial charge >= 0.3 is 0 Å². The Hall–Kier alpha value is -0.780. The normalized spacial score (nSPS) is 16.9. The number of aryl methyl sites for hydroxylation is 1. The molecule has 0 fully saturated rings. The summed E-state index contributed by atoms with van der Waals surface area (Å²) >= 11 is 0. The Balaban J connectivity index is 0.000000293. The van der Waals surface area contributed by atoms with Crippen molar-refractivity contribution < 1.29 is 0 Å². The summed E-state index contributed by atoms with van der Waals surface area (Å²) in [5, 5.41) is 0. The molecule has 1 aromatic carbocycles. The van der Waals surface area contributed by atoms with Gasteiger partial charge in [-0.2, -0.15) is 0 Å². The van der Waals surface area contributed by atoms with Gasteiger partial charge in [-0.1, -0.05) is 58.4 Å². The van der Waals surface area contributed by atoms with E-state index < -0.39 is 0 Å². The topological polar surface area (TPSA) is 0 Å². The zero-order valence-electron chi connectivity index (χ0n) is 9.93. The van der Waals surface area contributed by atoms with Crippen LogP contribution in [0.25, 0.3) is 0 Å². The van der Waals surface area contributed by atoms with Gasteiger partial charge in [0.15, 0.2) is 0 Å². The summed E-state index contributed by atoms with van der Waals surface area (Å²) < 4.78 is 0. The minimum atomic E-state index is 0.427. The lowest BCUT2D eigenvalue weighted by atomic mass is 9.87. The van der Waals surface area contributed by atoms with Gasteiger partial charge in [0.25, 0.3) is 0 Å². The Morgan fingerprint density at radius 1 is 1.14 bits per heavy atom. The molecular weight excluding hydrogens is 168 g/mol. The van der Waals surface area contributed by atoms with Gasteiger partial charge in [-0.15, -0.1) is 0 Å². The minimum Gasteiger partial charge on any atom is -0.0656 e. The molecule has 0 unspecified atom stereocenters. The molecule has 0 aromatic heterocycles. The summed E-state index contributed by atoms with van der Waals surface area (Å²) in [6.07, 6.45) is 3.83. The lowest BCUT2D eigenvalue weighted by molar-refractivity contribution is 0.522. The molecule has 0 saturated heterocycles. The first-order valence-corrected chi connectivity index (χ1v) is 5.70. The summed E-state index contributed by atoms with van der Waals surface area (Å²) in [7, 11) is 0. The van der Waals surface area contributed by atoms with Crippen LogP contribution in [0.5, 0.6) is 0 Å². The summed E-state index contributed by atoms with van der Waals surface area (Å²) in [6, 6.07) is 8.80. The molecule has 2 rings (SSSR count). The molecule has 0 amide bonds. The van der Waals surface area contributed by atoms with Crippen LogP contribution in [0, 0.1) is 0 Å². The average Bonchev–Trinajstić information content (AvgIpc) is 2.45. The second-order valence-corrected chi connectivity index (χ2v) is 4.75. The molecule has 0 N–H and O–H groups in total. The SMILES string of the molecule is CC1(C)CCc2ccccc21.CCC. The summed E-state index contributed by atoms with van der Waals surface area (Å²) in [5.74, 6) is 0. The monoisotopic (exact) mass is 190 g/mol. The third-order valence-electron chi connectivity index (χ3n) is 2.77. The van der Waals surface area contributed by atoms with Crippen molar-refractivity contribution in [3.05, 3.63) is 35.4 Å². The van der Waals surface area contributed by atoms with Crippen LogP contribution in [0.2, 0.25) is 0 Å². The number of benzene rings is 1. The van der Waals surface area contributed by atoms with Crippen LogP contribution < -0.4 is 0 Å². The van der Waals surface area contributed by atoms with Gasteiger partial charge in [0.1, 0.15) is 0 Å². The van der Waals surface area contributed by atoms with E-state index in [4.69, 9.17) is 0 Å². The molecule has 0 heterocycles. The van der Waals surface area contributed by atoms with Crippen LogP contribution in [0.15, 0.2) is 24.3 Å². The number of fused-ring (bicyclic) bond motifs is 1. The molecule has 1 aliphatic rings. The molecule has 78 valence electrons. The fraction of sp³-hybridized carbons (Fsp3) is 0.571. The Morgan fingerprint density at radius 2 is 1.71 bits per heavy atom. The maximum Gasteiger partial charge on any atom is -0.00977 e. The summed E-state index contributed by atoms with van der Waals surface area (Å²) in [6.45, 7) is 8.91. The molecule has 14 heavy (non-hydrogen) atoms. The fourth-order valence-corrected chi connectivity index (χ4v) is 1.98. The second-order valence-electron chi connectivity index (χ2n) is 4.75. The number of rotatable bonds is 0. The van der Waals surface area contributed by atoms with E-state index in [0.29, 0.717) is 5.41 Å². The fourth-order valence-electron chi connectivity index (χ4n) is 1.98. The summed E-state index contributed by atoms with van der Waals surface area (Å²) in [4.78, 5) is 0. The Labute approximate surface area is 88.4 Å². The highest BCUT2D eigenvalue weighted by molar-refractivity contribution is 5.37. The van der Waals surface area contributed by atoms with E-state index in [9.17, 15) is 0 Å². The van der Waals surface area contributed by atoms with E-state index in [2.05, 4.69) is 52.0 Å². The van der Waals surface area contributed by atoms with Crippen LogP contribution in [0.3, 0.4) is 0 Å². The molecule has 0 saturated carbocycles. The van der Waals surface area contributed by atoms with Crippen LogP contribution in [0.4, 0.5) is 0 Å². The van der Waals surface area contributed by atoms with Crippen molar-refractivity contribution in [2.75, 3.05) is 0 Å². The molecular formula is C14H22. The molecule has 0 aliphatic heterocycles. The van der Waals surface area contributed by atoms with Crippen LogP contribution >= 0.6 is 0 Å². The van der Waals surface area contributed by atoms with Crippen LogP contribution in [-0.4, -0.2) is 0 Å². The van der Waals surface area contributed by atoms with Crippen LogP contribution in [-0.2, 0) is 11.8 Å². The predicted molar refractivity (Wildman–Crippen MR) is 63.8 cm³/mol. The molecule has 0 nitrogen and oxygen atoms in total. The standard InChI is InChI=1S/C11H14.C3H8/c1-11(2)8-7-9-5-3-4-6-10(9)11;1-3-2/h3-6H,7-8H2,1-2H3;3H2,1-2H3. The van der Waals surface area contributed by atoms with E-state index in [1.807, 2.05) is 0 Å². The van der Waals surface area contributed by atoms with Gasteiger partial charge in [0, 0.05) is 0 Å². The number of hydrogen-bond acceptors (Lipinski definition) is 0. The maximum absolute atomic E-state index is 2.33. The highest BCUT2D eigenvalue weighted by atomic mass is 14.3. The molecule has 1 aromatic rings. The molecule has 1 aliphatic carbocycles.